The first-order chi connectivity index (χ1) is 9.90. The molecule has 0 aliphatic heterocycles. The topological polar surface area (TPSA) is 26.0 Å². The van der Waals surface area contributed by atoms with E-state index in [4.69, 9.17) is 5.73 Å². The van der Waals surface area contributed by atoms with Crippen LogP contribution in [0.15, 0.2) is 60.7 Å². The molecule has 0 spiro atoms. The molecule has 0 saturated heterocycles. The first-order valence-corrected chi connectivity index (χ1v) is 9.88. The van der Waals surface area contributed by atoms with Crippen molar-refractivity contribution in [3.8, 4) is 0 Å². The summed E-state index contributed by atoms with van der Waals surface area (Å²) in [4.78, 5) is 0. The molecule has 0 fully saturated rings. The molecule has 2 N–H and O–H groups in total. The van der Waals surface area contributed by atoms with Crippen molar-refractivity contribution in [2.24, 2.45) is 5.73 Å². The molecule has 0 amide bonds. The van der Waals surface area contributed by atoms with Crippen LogP contribution in [-0.4, -0.2) is 24.2 Å². The monoisotopic (exact) mass is 303 g/mol. The lowest BCUT2D eigenvalue weighted by Crippen LogP contribution is -2.08. The second kappa shape index (κ2) is 9.18. The Hall–Kier alpha value is -0.820. The van der Waals surface area contributed by atoms with Gasteiger partial charge in [0.15, 0.2) is 0 Å². The van der Waals surface area contributed by atoms with Gasteiger partial charge in [-0.15, -0.1) is 0 Å². The summed E-state index contributed by atoms with van der Waals surface area (Å²) >= 11 is 1.98. The highest BCUT2D eigenvalue weighted by atomic mass is 32.2. The highest BCUT2D eigenvalue weighted by Gasteiger charge is 2.11. The first kappa shape index (κ1) is 15.6. The first-order valence-electron chi connectivity index (χ1n) is 7.02. The molecule has 0 heterocycles. The summed E-state index contributed by atoms with van der Waals surface area (Å²) in [6.45, 7) is 0.784. The summed E-state index contributed by atoms with van der Waals surface area (Å²) < 4.78 is 0. The van der Waals surface area contributed by atoms with Crippen molar-refractivity contribution in [1.29, 1.82) is 0 Å². The Morgan fingerprint density at radius 2 is 1.50 bits per heavy atom. The van der Waals surface area contributed by atoms with Crippen LogP contribution >= 0.6 is 19.7 Å². The third kappa shape index (κ3) is 5.28. The van der Waals surface area contributed by atoms with Crippen molar-refractivity contribution in [3.05, 3.63) is 66.2 Å². The third-order valence-corrected chi connectivity index (χ3v) is 6.96. The van der Waals surface area contributed by atoms with E-state index in [-0.39, 0.29) is 7.92 Å². The normalized spacial score (nSPS) is 12.2. The Labute approximate surface area is 127 Å². The van der Waals surface area contributed by atoms with Gasteiger partial charge >= 0.3 is 0 Å². The molecule has 2 aromatic carbocycles. The van der Waals surface area contributed by atoms with E-state index in [9.17, 15) is 0 Å². The summed E-state index contributed by atoms with van der Waals surface area (Å²) in [7, 11) is -0.110. The molecule has 1 nitrogen and oxygen atoms in total. The van der Waals surface area contributed by atoms with Crippen LogP contribution < -0.4 is 11.0 Å². The van der Waals surface area contributed by atoms with Gasteiger partial charge in [0.05, 0.1) is 0 Å². The van der Waals surface area contributed by atoms with Gasteiger partial charge in [-0.1, -0.05) is 68.6 Å². The zero-order valence-corrected chi connectivity index (χ0v) is 13.5. The van der Waals surface area contributed by atoms with Crippen molar-refractivity contribution in [2.75, 3.05) is 24.2 Å². The van der Waals surface area contributed by atoms with E-state index >= 15 is 0 Å². The lowest BCUT2D eigenvalue weighted by molar-refractivity contribution is 1.15. The summed E-state index contributed by atoms with van der Waals surface area (Å²) in [5, 5.41) is 1.51. The molecule has 0 saturated carbocycles. The Morgan fingerprint density at radius 1 is 0.850 bits per heavy atom. The fraction of sp³-hybridized carbons (Fsp3) is 0.294. The van der Waals surface area contributed by atoms with Crippen molar-refractivity contribution in [1.82, 2.24) is 0 Å². The standard InChI is InChI=1S/C17H22NPS/c18-11-13-20-14-12-19(17-9-5-2-6-10-17)15-16-7-3-1-4-8-16/h1-10H,11-15,18H2. The van der Waals surface area contributed by atoms with Crippen LogP contribution in [0.4, 0.5) is 0 Å². The largest absolute Gasteiger partial charge is 0.330 e. The minimum Gasteiger partial charge on any atom is -0.330 e. The zero-order chi connectivity index (χ0) is 14.0. The molecule has 1 unspecified atom stereocenters. The Kier molecular flexibility index (Phi) is 7.14. The molecule has 0 aliphatic rings. The van der Waals surface area contributed by atoms with Gasteiger partial charge in [-0.05, 0) is 28.9 Å². The van der Waals surface area contributed by atoms with Gasteiger partial charge in [-0.25, -0.2) is 0 Å². The number of hydrogen-bond donors (Lipinski definition) is 1. The second-order valence-electron chi connectivity index (χ2n) is 4.64. The van der Waals surface area contributed by atoms with E-state index in [0.717, 1.165) is 12.3 Å². The SMILES string of the molecule is NCCSCCP(Cc1ccccc1)c1ccccc1. The fourth-order valence-corrected chi connectivity index (χ4v) is 5.72. The maximum Gasteiger partial charge on any atom is 0.00560 e. The van der Waals surface area contributed by atoms with Gasteiger partial charge in [0.1, 0.15) is 0 Å². The molecule has 3 heteroatoms. The highest BCUT2D eigenvalue weighted by Crippen LogP contribution is 2.39. The molecular formula is C17H22NPS. The second-order valence-corrected chi connectivity index (χ2v) is 8.23. The van der Waals surface area contributed by atoms with Gasteiger partial charge in [0, 0.05) is 12.3 Å². The lowest BCUT2D eigenvalue weighted by Gasteiger charge is -2.18. The number of nitrogens with two attached hydrogens (primary N) is 1. The van der Waals surface area contributed by atoms with Crippen LogP contribution in [0.5, 0.6) is 0 Å². The van der Waals surface area contributed by atoms with Crippen LogP contribution in [0.25, 0.3) is 0 Å². The molecule has 0 aromatic heterocycles. The maximum absolute atomic E-state index is 5.56. The van der Waals surface area contributed by atoms with Crippen molar-refractivity contribution in [3.63, 3.8) is 0 Å². The summed E-state index contributed by atoms with van der Waals surface area (Å²) in [6.07, 6.45) is 2.46. The molecule has 2 aromatic rings. The van der Waals surface area contributed by atoms with E-state index in [2.05, 4.69) is 60.7 Å². The van der Waals surface area contributed by atoms with Crippen LogP contribution in [0.2, 0.25) is 0 Å². The molecule has 0 aliphatic carbocycles. The number of hydrogen-bond acceptors (Lipinski definition) is 2. The van der Waals surface area contributed by atoms with Gasteiger partial charge in [0.2, 0.25) is 0 Å². The maximum atomic E-state index is 5.56. The average Bonchev–Trinajstić information content (AvgIpc) is 2.52. The molecule has 20 heavy (non-hydrogen) atoms. The molecule has 0 bridgehead atoms. The average molecular weight is 303 g/mol. The smallest absolute Gasteiger partial charge is 0.00560 e. The highest BCUT2D eigenvalue weighted by molar-refractivity contribution is 7.99. The molecule has 2 rings (SSSR count). The number of thioether (sulfide) groups is 1. The molecule has 106 valence electrons. The van der Waals surface area contributed by atoms with Gasteiger partial charge in [-0.2, -0.15) is 11.8 Å². The Bertz CT molecular complexity index is 475. The van der Waals surface area contributed by atoms with Crippen molar-refractivity contribution in [2.45, 2.75) is 6.16 Å². The zero-order valence-electron chi connectivity index (χ0n) is 11.7. The molecule has 1 atom stereocenters. The van der Waals surface area contributed by atoms with Gasteiger partial charge < -0.3 is 5.73 Å². The lowest BCUT2D eigenvalue weighted by atomic mass is 10.2. The van der Waals surface area contributed by atoms with E-state index in [1.807, 2.05) is 11.8 Å². The van der Waals surface area contributed by atoms with Gasteiger partial charge in [0.25, 0.3) is 0 Å². The van der Waals surface area contributed by atoms with E-state index in [1.165, 1.54) is 28.9 Å². The predicted molar refractivity (Wildman–Crippen MR) is 94.4 cm³/mol. The van der Waals surface area contributed by atoms with Crippen LogP contribution in [0.1, 0.15) is 5.56 Å². The predicted octanol–water partition coefficient (Wildman–Crippen LogP) is 3.69. The van der Waals surface area contributed by atoms with E-state index in [1.54, 1.807) is 0 Å². The Balaban J connectivity index is 2.00. The Morgan fingerprint density at radius 3 is 2.15 bits per heavy atom. The van der Waals surface area contributed by atoms with Crippen LogP contribution in [0, 0.1) is 0 Å². The minimum absolute atomic E-state index is 0.110. The third-order valence-electron chi connectivity index (χ3n) is 3.11. The molecular weight excluding hydrogens is 281 g/mol. The molecule has 0 radical (unpaired) electrons. The quantitative estimate of drug-likeness (QED) is 0.594. The minimum atomic E-state index is -0.110. The summed E-state index contributed by atoms with van der Waals surface area (Å²) in [5.74, 6) is 2.29. The van der Waals surface area contributed by atoms with E-state index < -0.39 is 0 Å². The van der Waals surface area contributed by atoms with Crippen LogP contribution in [-0.2, 0) is 6.16 Å². The summed E-state index contributed by atoms with van der Waals surface area (Å²) in [6, 6.07) is 21.8. The fourth-order valence-electron chi connectivity index (χ4n) is 2.10. The summed E-state index contributed by atoms with van der Waals surface area (Å²) in [5.41, 5.74) is 7.01. The number of rotatable bonds is 8. The van der Waals surface area contributed by atoms with Gasteiger partial charge in [-0.3, -0.25) is 0 Å². The van der Waals surface area contributed by atoms with Crippen molar-refractivity contribution >= 4 is 25.0 Å². The van der Waals surface area contributed by atoms with Crippen molar-refractivity contribution < 1.29 is 0 Å². The van der Waals surface area contributed by atoms with E-state index in [0.29, 0.717) is 0 Å². The van der Waals surface area contributed by atoms with Crippen LogP contribution in [0.3, 0.4) is 0 Å². The number of benzene rings is 2.